The van der Waals surface area contributed by atoms with Gasteiger partial charge in [-0.05, 0) is 38.5 Å². The van der Waals surface area contributed by atoms with Gasteiger partial charge in [-0.2, -0.15) is 0 Å². The minimum atomic E-state index is 0.179. The summed E-state index contributed by atoms with van der Waals surface area (Å²) in [6.07, 6.45) is 29.1. The fourth-order valence-corrected chi connectivity index (χ4v) is 3.35. The van der Waals surface area contributed by atoms with Crippen molar-refractivity contribution >= 4 is 5.91 Å². The van der Waals surface area contributed by atoms with Gasteiger partial charge in [0.2, 0.25) is 5.91 Å². The number of nitrogens with one attached hydrogen (secondary N) is 1. The maximum absolute atomic E-state index is 11.4. The summed E-state index contributed by atoms with van der Waals surface area (Å²) in [5, 5.41) is 2.82. The van der Waals surface area contributed by atoms with E-state index in [1.54, 1.807) is 0 Å². The topological polar surface area (TPSA) is 29.1 Å². The van der Waals surface area contributed by atoms with E-state index in [0.717, 1.165) is 12.8 Å². The second-order valence-electron chi connectivity index (χ2n) is 7.93. The van der Waals surface area contributed by atoms with E-state index in [1.165, 1.54) is 103 Å². The number of hydrogen-bond acceptors (Lipinski definition) is 1. The van der Waals surface area contributed by atoms with Crippen molar-refractivity contribution in [3.63, 3.8) is 0 Å². The Morgan fingerprint density at radius 1 is 0.630 bits per heavy atom. The Hall–Kier alpha value is -0.790. The lowest BCUT2D eigenvalue weighted by molar-refractivity contribution is -0.120. The second-order valence-corrected chi connectivity index (χ2v) is 7.93. The molecule has 0 aromatic heterocycles. The van der Waals surface area contributed by atoms with Crippen molar-refractivity contribution in [2.45, 2.75) is 136 Å². The van der Waals surface area contributed by atoms with Crippen LogP contribution in [0.2, 0.25) is 0 Å². The molecule has 0 atom stereocenters. The van der Waals surface area contributed by atoms with Crippen LogP contribution in [0.5, 0.6) is 0 Å². The summed E-state index contributed by atoms with van der Waals surface area (Å²) >= 11 is 0. The van der Waals surface area contributed by atoms with Crippen LogP contribution in [0.3, 0.4) is 0 Å². The van der Waals surface area contributed by atoms with E-state index < -0.39 is 0 Å². The van der Waals surface area contributed by atoms with Crippen LogP contribution in [0.4, 0.5) is 0 Å². The van der Waals surface area contributed by atoms with E-state index in [2.05, 4.69) is 24.4 Å². The Morgan fingerprint density at radius 3 is 1.56 bits per heavy atom. The molecule has 159 valence electrons. The minimum Gasteiger partial charge on any atom is -0.351 e. The molecule has 1 N–H and O–H groups in total. The normalized spacial score (nSPS) is 11.3. The van der Waals surface area contributed by atoms with E-state index >= 15 is 0 Å². The number of allylic oxidation sites excluding steroid dienone is 2. The molecule has 0 aliphatic carbocycles. The van der Waals surface area contributed by atoms with Crippen molar-refractivity contribution in [1.82, 2.24) is 5.32 Å². The zero-order valence-electron chi connectivity index (χ0n) is 18.6. The van der Waals surface area contributed by atoms with Gasteiger partial charge < -0.3 is 5.32 Å². The highest BCUT2D eigenvalue weighted by atomic mass is 16.1. The number of amides is 1. The molecule has 0 aliphatic heterocycles. The van der Waals surface area contributed by atoms with E-state index in [-0.39, 0.29) is 5.91 Å². The summed E-state index contributed by atoms with van der Waals surface area (Å²) in [5.74, 6) is 0.179. The highest BCUT2D eigenvalue weighted by Crippen LogP contribution is 2.12. The van der Waals surface area contributed by atoms with E-state index in [4.69, 9.17) is 0 Å². The predicted octanol–water partition coefficient (Wildman–Crippen LogP) is 8.27. The highest BCUT2D eigenvalue weighted by molar-refractivity contribution is 5.76. The van der Waals surface area contributed by atoms with Gasteiger partial charge in [-0.1, -0.05) is 103 Å². The minimum absolute atomic E-state index is 0.179. The molecule has 1 radical (unpaired) electrons. The van der Waals surface area contributed by atoms with Crippen molar-refractivity contribution in [2.24, 2.45) is 0 Å². The summed E-state index contributed by atoms with van der Waals surface area (Å²) < 4.78 is 0. The van der Waals surface area contributed by atoms with Crippen LogP contribution in [-0.4, -0.2) is 5.91 Å². The second kappa shape index (κ2) is 23.2. The van der Waals surface area contributed by atoms with Gasteiger partial charge in [-0.3, -0.25) is 4.79 Å². The van der Waals surface area contributed by atoms with E-state index in [0.29, 0.717) is 6.42 Å². The molecule has 2 nitrogen and oxygen atoms in total. The van der Waals surface area contributed by atoms with Crippen molar-refractivity contribution < 1.29 is 4.79 Å². The first-order chi connectivity index (χ1) is 13.3. The maximum atomic E-state index is 11.4. The molecule has 0 spiro atoms. The smallest absolute Gasteiger partial charge is 0.220 e. The zero-order valence-corrected chi connectivity index (χ0v) is 18.6. The number of hydrogen-bond donors (Lipinski definition) is 1. The van der Waals surface area contributed by atoms with Gasteiger partial charge in [0, 0.05) is 13.0 Å². The molecule has 0 aliphatic rings. The molecule has 2 heteroatoms. The first-order valence-corrected chi connectivity index (χ1v) is 12.1. The average molecular weight is 379 g/mol. The van der Waals surface area contributed by atoms with Crippen LogP contribution in [0.1, 0.15) is 136 Å². The van der Waals surface area contributed by atoms with Crippen LogP contribution in [0.25, 0.3) is 0 Å². The Morgan fingerprint density at radius 2 is 1.07 bits per heavy atom. The number of carbonyl (C=O) groups excluding carboxylic acids is 1. The summed E-state index contributed by atoms with van der Waals surface area (Å²) in [5.41, 5.74) is 0. The molecule has 0 bridgehead atoms. The van der Waals surface area contributed by atoms with Crippen molar-refractivity contribution in [2.75, 3.05) is 0 Å². The molecule has 0 saturated heterocycles. The fourth-order valence-electron chi connectivity index (χ4n) is 3.35. The van der Waals surface area contributed by atoms with Gasteiger partial charge in [-0.25, -0.2) is 0 Å². The summed E-state index contributed by atoms with van der Waals surface area (Å²) in [4.78, 5) is 11.4. The maximum Gasteiger partial charge on any atom is 0.220 e. The largest absolute Gasteiger partial charge is 0.351 e. The fraction of sp³-hybridized carbons (Fsp3) is 0.840. The molecule has 0 aromatic rings. The Balaban J connectivity index is 3.12. The third kappa shape index (κ3) is 23.2. The number of rotatable bonds is 21. The first-order valence-electron chi connectivity index (χ1n) is 12.1. The molecule has 0 heterocycles. The lowest BCUT2D eigenvalue weighted by Crippen LogP contribution is -2.19. The zero-order chi connectivity index (χ0) is 19.8. The SMILES string of the molecule is CC[CH]NC(=O)CCCCCCCCCCC/C=C\CCCCCCCC. The molecule has 27 heavy (non-hydrogen) atoms. The van der Waals surface area contributed by atoms with Crippen LogP contribution >= 0.6 is 0 Å². The van der Waals surface area contributed by atoms with Gasteiger partial charge in [0.05, 0.1) is 0 Å². The monoisotopic (exact) mass is 378 g/mol. The lowest BCUT2D eigenvalue weighted by Gasteiger charge is -2.03. The third-order valence-electron chi connectivity index (χ3n) is 5.13. The Bertz CT molecular complexity index is 324. The van der Waals surface area contributed by atoms with Crippen LogP contribution in [0.15, 0.2) is 12.2 Å². The molecular weight excluding hydrogens is 330 g/mol. The lowest BCUT2D eigenvalue weighted by atomic mass is 10.1. The molecular formula is C25H48NO. The predicted molar refractivity (Wildman–Crippen MR) is 121 cm³/mol. The van der Waals surface area contributed by atoms with Crippen LogP contribution < -0.4 is 5.32 Å². The Labute approximate surface area is 171 Å². The van der Waals surface area contributed by atoms with Gasteiger partial charge in [0.15, 0.2) is 0 Å². The molecule has 1 amide bonds. The Kier molecular flexibility index (Phi) is 22.6. The molecule has 0 fully saturated rings. The molecule has 0 aromatic carbocycles. The van der Waals surface area contributed by atoms with Crippen LogP contribution in [0, 0.1) is 6.54 Å². The quantitative estimate of drug-likeness (QED) is 0.158. The average Bonchev–Trinajstić information content (AvgIpc) is 2.68. The molecule has 0 unspecified atom stereocenters. The van der Waals surface area contributed by atoms with Gasteiger partial charge in [0.1, 0.15) is 0 Å². The standard InChI is InChI=1S/C25H48NO/c1-3-5-6-7-8-9-10-11-12-13-14-15-16-17-18-19-20-21-22-23-25(27)26-24-4-2/h11-12,24H,3-10,13-23H2,1-2H3,(H,26,27)/b12-11-. The van der Waals surface area contributed by atoms with Gasteiger partial charge >= 0.3 is 0 Å². The van der Waals surface area contributed by atoms with Crippen molar-refractivity contribution in [3.8, 4) is 0 Å². The van der Waals surface area contributed by atoms with E-state index in [1.807, 2.05) is 13.5 Å². The molecule has 0 rings (SSSR count). The third-order valence-corrected chi connectivity index (χ3v) is 5.13. The summed E-state index contributed by atoms with van der Waals surface area (Å²) in [6, 6.07) is 0. The highest BCUT2D eigenvalue weighted by Gasteiger charge is 1.99. The molecule has 0 saturated carbocycles. The number of carbonyl (C=O) groups is 1. The van der Waals surface area contributed by atoms with Crippen LogP contribution in [-0.2, 0) is 4.79 Å². The van der Waals surface area contributed by atoms with Crippen molar-refractivity contribution in [1.29, 1.82) is 0 Å². The summed E-state index contributed by atoms with van der Waals surface area (Å²) in [7, 11) is 0. The van der Waals surface area contributed by atoms with Gasteiger partial charge in [0.25, 0.3) is 0 Å². The van der Waals surface area contributed by atoms with Crippen molar-refractivity contribution in [3.05, 3.63) is 18.7 Å². The van der Waals surface area contributed by atoms with E-state index in [9.17, 15) is 4.79 Å². The van der Waals surface area contributed by atoms with Gasteiger partial charge in [-0.15, -0.1) is 0 Å². The number of unbranched alkanes of at least 4 members (excludes halogenated alkanes) is 15. The summed E-state index contributed by atoms with van der Waals surface area (Å²) in [6.45, 7) is 6.16. The first kappa shape index (κ1) is 26.2.